The predicted octanol–water partition coefficient (Wildman–Crippen LogP) is 2.61. The van der Waals surface area contributed by atoms with Crippen LogP contribution in [0.25, 0.3) is 0 Å². The number of nitrogens with zero attached hydrogens (tertiary/aromatic N) is 5. The number of ether oxygens (including phenoxy) is 1. The van der Waals surface area contributed by atoms with Crippen molar-refractivity contribution < 1.29 is 14.3 Å². The van der Waals surface area contributed by atoms with Crippen LogP contribution in [-0.4, -0.2) is 76.5 Å². The first-order valence-electron chi connectivity index (χ1n) is 10.4. The van der Waals surface area contributed by atoms with Gasteiger partial charge in [0.15, 0.2) is 12.2 Å². The van der Waals surface area contributed by atoms with Crippen LogP contribution in [0.1, 0.15) is 39.3 Å². The van der Waals surface area contributed by atoms with Gasteiger partial charge in [-0.15, -0.1) is 0 Å². The zero-order valence-electron chi connectivity index (χ0n) is 18.2. The minimum atomic E-state index is -0.549. The number of hydrogen-bond donors (Lipinski definition) is 0. The number of guanidine groups is 1. The number of urea groups is 1. The highest BCUT2D eigenvalue weighted by Gasteiger charge is 2.56. The van der Waals surface area contributed by atoms with Crippen molar-refractivity contribution in [3.63, 3.8) is 0 Å². The van der Waals surface area contributed by atoms with E-state index >= 15 is 0 Å². The number of fused-ring (bicyclic) bond motifs is 3. The van der Waals surface area contributed by atoms with Crippen LogP contribution in [0.4, 0.5) is 4.79 Å². The molecule has 0 aromatic heterocycles. The van der Waals surface area contributed by atoms with Gasteiger partial charge < -0.3 is 14.5 Å². The first-order valence-corrected chi connectivity index (χ1v) is 10.4. The minimum absolute atomic E-state index is 0.0511. The molecule has 3 unspecified atom stereocenters. The number of amides is 3. The van der Waals surface area contributed by atoms with Crippen molar-refractivity contribution in [2.45, 2.75) is 45.9 Å². The molecule has 1 fully saturated rings. The van der Waals surface area contributed by atoms with Crippen molar-refractivity contribution in [1.82, 2.24) is 19.6 Å². The van der Waals surface area contributed by atoms with E-state index in [-0.39, 0.29) is 24.5 Å². The SMILES string of the molecule is CCOCCN1C(=O)C2C(N=C3N(C(C)c4ccccc4)C(C)=C(C)N32)N(C)C1=O. The van der Waals surface area contributed by atoms with Gasteiger partial charge in [-0.3, -0.25) is 14.6 Å². The molecule has 3 amide bonds. The lowest BCUT2D eigenvalue weighted by atomic mass is 10.1. The largest absolute Gasteiger partial charge is 0.380 e. The predicted molar refractivity (Wildman–Crippen MR) is 113 cm³/mol. The highest BCUT2D eigenvalue weighted by molar-refractivity contribution is 6.05. The normalized spacial score (nSPS) is 24.5. The number of allylic oxidation sites excluding steroid dienone is 2. The minimum Gasteiger partial charge on any atom is -0.380 e. The van der Waals surface area contributed by atoms with Crippen molar-refractivity contribution in [2.24, 2.45) is 4.99 Å². The van der Waals surface area contributed by atoms with Crippen LogP contribution in [0.2, 0.25) is 0 Å². The number of carbonyl (C=O) groups is 2. The van der Waals surface area contributed by atoms with Crippen molar-refractivity contribution in [1.29, 1.82) is 0 Å². The molecule has 0 radical (unpaired) electrons. The van der Waals surface area contributed by atoms with Gasteiger partial charge in [-0.2, -0.15) is 0 Å². The Kier molecular flexibility index (Phi) is 5.27. The smallest absolute Gasteiger partial charge is 0.328 e. The van der Waals surface area contributed by atoms with Crippen LogP contribution in [0.3, 0.4) is 0 Å². The maximum atomic E-state index is 13.4. The fourth-order valence-electron chi connectivity index (χ4n) is 4.49. The van der Waals surface area contributed by atoms with Crippen LogP contribution in [0, 0.1) is 0 Å². The number of likely N-dealkylation sites (N-methyl/N-ethyl adjacent to an activating group) is 1. The monoisotopic (exact) mass is 411 g/mol. The van der Waals surface area contributed by atoms with Gasteiger partial charge in [-0.05, 0) is 33.3 Å². The van der Waals surface area contributed by atoms with Gasteiger partial charge in [0.25, 0.3) is 5.91 Å². The Labute approximate surface area is 177 Å². The number of imide groups is 1. The Morgan fingerprint density at radius 1 is 1.13 bits per heavy atom. The second-order valence-electron chi connectivity index (χ2n) is 7.87. The van der Waals surface area contributed by atoms with Gasteiger partial charge in [-0.25, -0.2) is 9.79 Å². The van der Waals surface area contributed by atoms with Gasteiger partial charge in [-0.1, -0.05) is 30.3 Å². The number of carbonyl (C=O) groups excluding carboxylic acids is 2. The van der Waals surface area contributed by atoms with Crippen LogP contribution >= 0.6 is 0 Å². The molecule has 30 heavy (non-hydrogen) atoms. The van der Waals surface area contributed by atoms with Crippen molar-refractivity contribution in [3.8, 4) is 0 Å². The summed E-state index contributed by atoms with van der Waals surface area (Å²) in [6.07, 6.45) is -0.531. The molecule has 3 aliphatic heterocycles. The van der Waals surface area contributed by atoms with Crippen LogP contribution < -0.4 is 0 Å². The molecule has 0 spiro atoms. The summed E-state index contributed by atoms with van der Waals surface area (Å²) in [4.78, 5) is 38.1. The zero-order chi connectivity index (χ0) is 21.6. The van der Waals surface area contributed by atoms with Gasteiger partial charge in [0.1, 0.15) is 0 Å². The Hall–Kier alpha value is -2.87. The topological polar surface area (TPSA) is 68.7 Å². The van der Waals surface area contributed by atoms with E-state index in [1.165, 1.54) is 4.90 Å². The molecule has 3 atom stereocenters. The molecule has 3 aliphatic rings. The maximum absolute atomic E-state index is 13.4. The summed E-state index contributed by atoms with van der Waals surface area (Å²) < 4.78 is 5.38. The number of rotatable bonds is 6. The third-order valence-electron chi connectivity index (χ3n) is 6.27. The van der Waals surface area contributed by atoms with Crippen LogP contribution in [0.5, 0.6) is 0 Å². The molecule has 0 aliphatic carbocycles. The quantitative estimate of drug-likeness (QED) is 0.673. The number of aliphatic imine (C=N–C) groups is 1. The molecule has 0 bridgehead atoms. The molecule has 8 nitrogen and oxygen atoms in total. The van der Waals surface area contributed by atoms with Gasteiger partial charge in [0.05, 0.1) is 19.2 Å². The summed E-state index contributed by atoms with van der Waals surface area (Å²) in [5.74, 6) is 0.513. The third kappa shape index (κ3) is 2.98. The van der Waals surface area contributed by atoms with Crippen molar-refractivity contribution >= 4 is 17.9 Å². The van der Waals surface area contributed by atoms with E-state index in [1.54, 1.807) is 11.9 Å². The fourth-order valence-corrected chi connectivity index (χ4v) is 4.49. The zero-order valence-corrected chi connectivity index (χ0v) is 18.2. The molecule has 0 saturated carbocycles. The first kappa shape index (κ1) is 20.4. The molecule has 160 valence electrons. The summed E-state index contributed by atoms with van der Waals surface area (Å²) in [7, 11) is 1.71. The molecular weight excluding hydrogens is 382 g/mol. The third-order valence-corrected chi connectivity index (χ3v) is 6.27. The van der Waals surface area contributed by atoms with E-state index in [1.807, 2.05) is 36.9 Å². The van der Waals surface area contributed by atoms with Gasteiger partial charge in [0, 0.05) is 25.0 Å². The summed E-state index contributed by atoms with van der Waals surface area (Å²) in [5, 5.41) is 0. The van der Waals surface area contributed by atoms with Crippen LogP contribution in [0.15, 0.2) is 46.7 Å². The Bertz CT molecular complexity index is 913. The van der Waals surface area contributed by atoms with Gasteiger partial charge >= 0.3 is 6.03 Å². The average Bonchev–Trinajstić information content (AvgIpc) is 3.25. The van der Waals surface area contributed by atoms with E-state index in [2.05, 4.69) is 30.9 Å². The maximum Gasteiger partial charge on any atom is 0.328 e. The second kappa shape index (κ2) is 7.75. The van der Waals surface area contributed by atoms with Gasteiger partial charge in [0.2, 0.25) is 5.96 Å². The molecular formula is C22H29N5O3. The lowest BCUT2D eigenvalue weighted by Crippen LogP contribution is -2.65. The Morgan fingerprint density at radius 3 is 2.50 bits per heavy atom. The molecule has 3 heterocycles. The molecule has 1 saturated heterocycles. The summed E-state index contributed by atoms with van der Waals surface area (Å²) >= 11 is 0. The molecule has 1 aromatic rings. The van der Waals surface area contributed by atoms with E-state index in [0.717, 1.165) is 22.9 Å². The first-order chi connectivity index (χ1) is 14.4. The summed E-state index contributed by atoms with van der Waals surface area (Å²) in [6.45, 7) is 9.21. The second-order valence-corrected chi connectivity index (χ2v) is 7.87. The molecule has 0 N–H and O–H groups in total. The number of benzene rings is 1. The summed E-state index contributed by atoms with van der Waals surface area (Å²) in [5.41, 5.74) is 3.22. The fraction of sp³-hybridized carbons (Fsp3) is 0.500. The van der Waals surface area contributed by atoms with Crippen LogP contribution in [-0.2, 0) is 9.53 Å². The number of hydrogen-bond acceptors (Lipinski definition) is 6. The molecule has 1 aromatic carbocycles. The van der Waals surface area contributed by atoms with E-state index in [9.17, 15) is 9.59 Å². The van der Waals surface area contributed by atoms with E-state index < -0.39 is 12.2 Å². The Balaban J connectivity index is 1.67. The standard InChI is InChI=1S/C22H29N5O3/c1-6-30-13-12-25-20(28)18-19(24(5)22(25)29)23-21-26(14(2)15(3)27(18)21)16(4)17-10-8-7-9-11-17/h7-11,16,18-19H,6,12-13H2,1-5H3. The highest BCUT2D eigenvalue weighted by atomic mass is 16.5. The molecule has 8 heteroatoms. The van der Waals surface area contributed by atoms with Crippen molar-refractivity contribution in [2.75, 3.05) is 26.8 Å². The van der Waals surface area contributed by atoms with Crippen molar-refractivity contribution in [3.05, 3.63) is 47.3 Å². The Morgan fingerprint density at radius 2 is 1.83 bits per heavy atom. The lowest BCUT2D eigenvalue weighted by molar-refractivity contribution is -0.137. The highest BCUT2D eigenvalue weighted by Crippen LogP contribution is 2.41. The summed E-state index contributed by atoms with van der Waals surface area (Å²) in [6, 6.07) is 9.40. The van der Waals surface area contributed by atoms with E-state index in [0.29, 0.717) is 13.2 Å². The average molecular weight is 412 g/mol. The van der Waals surface area contributed by atoms with E-state index in [4.69, 9.17) is 9.73 Å². The lowest BCUT2D eigenvalue weighted by Gasteiger charge is -2.40. The molecule has 4 rings (SSSR count).